The zero-order valence-corrected chi connectivity index (χ0v) is 6.84. The molecule has 0 saturated carbocycles. The molecule has 2 heteroatoms. The SMILES string of the molecule is CCSOC(C)(C)C. The molecular formula is C6H14OS. The molecule has 0 saturated heterocycles. The van der Waals surface area contributed by atoms with Crippen LogP contribution in [-0.4, -0.2) is 11.4 Å². The van der Waals surface area contributed by atoms with Crippen molar-refractivity contribution >= 4 is 12.0 Å². The van der Waals surface area contributed by atoms with Crippen molar-refractivity contribution in [3.63, 3.8) is 0 Å². The summed E-state index contributed by atoms with van der Waals surface area (Å²) in [5.41, 5.74) is 0.0146. The first-order valence-electron chi connectivity index (χ1n) is 2.87. The summed E-state index contributed by atoms with van der Waals surface area (Å²) in [7, 11) is 0. The lowest BCUT2D eigenvalue weighted by Crippen LogP contribution is -2.14. The average Bonchev–Trinajstić information content (AvgIpc) is 1.59. The molecule has 0 aromatic rings. The van der Waals surface area contributed by atoms with Crippen molar-refractivity contribution in [3.05, 3.63) is 0 Å². The maximum absolute atomic E-state index is 5.30. The summed E-state index contributed by atoms with van der Waals surface area (Å²) in [5, 5.41) is 0. The fourth-order valence-electron chi connectivity index (χ4n) is 0.236. The van der Waals surface area contributed by atoms with E-state index in [1.165, 1.54) is 12.0 Å². The van der Waals surface area contributed by atoms with Crippen LogP contribution in [0.1, 0.15) is 27.7 Å². The van der Waals surface area contributed by atoms with Crippen LogP contribution in [0, 0.1) is 0 Å². The second-order valence-corrected chi connectivity index (χ2v) is 3.58. The van der Waals surface area contributed by atoms with Crippen LogP contribution in [0.5, 0.6) is 0 Å². The van der Waals surface area contributed by atoms with Crippen molar-refractivity contribution in [1.29, 1.82) is 0 Å². The lowest BCUT2D eigenvalue weighted by atomic mass is 10.2. The van der Waals surface area contributed by atoms with Gasteiger partial charge in [0.1, 0.15) is 0 Å². The van der Waals surface area contributed by atoms with Crippen molar-refractivity contribution in [1.82, 2.24) is 0 Å². The Labute approximate surface area is 56.0 Å². The van der Waals surface area contributed by atoms with E-state index in [9.17, 15) is 0 Å². The second-order valence-electron chi connectivity index (χ2n) is 2.60. The smallest absolute Gasteiger partial charge is 0.0745 e. The molecule has 0 rings (SSSR count). The van der Waals surface area contributed by atoms with E-state index in [1.807, 2.05) is 0 Å². The molecule has 0 atom stereocenters. The minimum atomic E-state index is 0.0146. The molecule has 0 aromatic heterocycles. The van der Waals surface area contributed by atoms with E-state index >= 15 is 0 Å². The number of rotatable bonds is 2. The monoisotopic (exact) mass is 134 g/mol. The first-order chi connectivity index (χ1) is 3.56. The molecule has 0 aliphatic carbocycles. The molecule has 0 N–H and O–H groups in total. The molecule has 0 unspecified atom stereocenters. The largest absolute Gasteiger partial charge is 0.310 e. The minimum absolute atomic E-state index is 0.0146. The molecule has 0 radical (unpaired) electrons. The fraction of sp³-hybridized carbons (Fsp3) is 1.00. The summed E-state index contributed by atoms with van der Waals surface area (Å²) in [4.78, 5) is 0. The zero-order chi connectivity index (χ0) is 6.62. The molecule has 1 nitrogen and oxygen atoms in total. The first kappa shape index (κ1) is 8.31. The van der Waals surface area contributed by atoms with E-state index in [-0.39, 0.29) is 5.60 Å². The van der Waals surface area contributed by atoms with Gasteiger partial charge in [0.05, 0.1) is 5.60 Å². The predicted octanol–water partition coefficient (Wildman–Crippen LogP) is 2.47. The molecule has 0 spiro atoms. The van der Waals surface area contributed by atoms with E-state index < -0.39 is 0 Å². The summed E-state index contributed by atoms with van der Waals surface area (Å²) in [6.07, 6.45) is 0. The molecule has 0 heterocycles. The van der Waals surface area contributed by atoms with Gasteiger partial charge in [-0.15, -0.1) is 0 Å². The maximum atomic E-state index is 5.30. The van der Waals surface area contributed by atoms with Gasteiger partial charge < -0.3 is 4.18 Å². The Morgan fingerprint density at radius 3 is 2.00 bits per heavy atom. The van der Waals surface area contributed by atoms with Gasteiger partial charge in [0.25, 0.3) is 0 Å². The maximum Gasteiger partial charge on any atom is 0.0745 e. The minimum Gasteiger partial charge on any atom is -0.310 e. The Hall–Kier alpha value is 0.310. The van der Waals surface area contributed by atoms with Gasteiger partial charge in [-0.05, 0) is 32.8 Å². The Bertz CT molecular complexity index is 56.0. The molecule has 0 aliphatic rings. The highest BCUT2D eigenvalue weighted by atomic mass is 32.2. The first-order valence-corrected chi connectivity index (χ1v) is 3.78. The molecular weight excluding hydrogens is 120 g/mol. The van der Waals surface area contributed by atoms with E-state index in [0.717, 1.165) is 5.75 Å². The molecule has 50 valence electrons. The van der Waals surface area contributed by atoms with Crippen LogP contribution in [0.4, 0.5) is 0 Å². The van der Waals surface area contributed by atoms with Gasteiger partial charge in [-0.25, -0.2) is 0 Å². The highest BCUT2D eigenvalue weighted by Gasteiger charge is 2.08. The van der Waals surface area contributed by atoms with Gasteiger partial charge in [-0.2, -0.15) is 0 Å². The van der Waals surface area contributed by atoms with E-state index in [0.29, 0.717) is 0 Å². The fourth-order valence-corrected chi connectivity index (χ4v) is 0.707. The van der Waals surface area contributed by atoms with Crippen molar-refractivity contribution in [2.75, 3.05) is 5.75 Å². The van der Waals surface area contributed by atoms with Gasteiger partial charge in [0.2, 0.25) is 0 Å². The van der Waals surface area contributed by atoms with Crippen LogP contribution in [0.25, 0.3) is 0 Å². The standard InChI is InChI=1S/C6H14OS/c1-5-8-7-6(2,3)4/h5H2,1-4H3. The van der Waals surface area contributed by atoms with Crippen molar-refractivity contribution in [3.8, 4) is 0 Å². The van der Waals surface area contributed by atoms with E-state index in [4.69, 9.17) is 4.18 Å². The molecule has 0 amide bonds. The highest BCUT2D eigenvalue weighted by Crippen LogP contribution is 2.15. The summed E-state index contributed by atoms with van der Waals surface area (Å²) in [6, 6.07) is 0. The van der Waals surface area contributed by atoms with Crippen molar-refractivity contribution in [2.24, 2.45) is 0 Å². The Balaban J connectivity index is 3.11. The predicted molar refractivity (Wildman–Crippen MR) is 39.0 cm³/mol. The zero-order valence-electron chi connectivity index (χ0n) is 6.02. The lowest BCUT2D eigenvalue weighted by molar-refractivity contribution is 0.165. The quantitative estimate of drug-likeness (QED) is 0.536. The number of hydrogen-bond acceptors (Lipinski definition) is 2. The van der Waals surface area contributed by atoms with Crippen LogP contribution in [0.2, 0.25) is 0 Å². The summed E-state index contributed by atoms with van der Waals surface area (Å²) in [6.45, 7) is 8.23. The normalized spacial score (nSPS) is 12.0. The molecule has 0 aromatic carbocycles. The third kappa shape index (κ3) is 6.31. The molecule has 0 aliphatic heterocycles. The third-order valence-electron chi connectivity index (χ3n) is 0.427. The van der Waals surface area contributed by atoms with Crippen molar-refractivity contribution in [2.45, 2.75) is 33.3 Å². The summed E-state index contributed by atoms with van der Waals surface area (Å²) < 4.78 is 5.30. The van der Waals surface area contributed by atoms with Gasteiger partial charge in [-0.1, -0.05) is 6.92 Å². The Morgan fingerprint density at radius 1 is 1.38 bits per heavy atom. The van der Waals surface area contributed by atoms with Gasteiger partial charge in [0, 0.05) is 5.75 Å². The van der Waals surface area contributed by atoms with E-state index in [1.54, 1.807) is 0 Å². The van der Waals surface area contributed by atoms with Crippen LogP contribution in [0.3, 0.4) is 0 Å². The second kappa shape index (κ2) is 3.36. The van der Waals surface area contributed by atoms with Gasteiger partial charge in [0.15, 0.2) is 0 Å². The van der Waals surface area contributed by atoms with Crippen LogP contribution in [0.15, 0.2) is 0 Å². The Kier molecular flexibility index (Phi) is 3.49. The molecule has 0 fully saturated rings. The molecule has 8 heavy (non-hydrogen) atoms. The number of hydrogen-bond donors (Lipinski definition) is 0. The highest BCUT2D eigenvalue weighted by molar-refractivity contribution is 7.94. The third-order valence-corrected chi connectivity index (χ3v) is 1.28. The van der Waals surface area contributed by atoms with Crippen LogP contribution in [-0.2, 0) is 4.18 Å². The average molecular weight is 134 g/mol. The van der Waals surface area contributed by atoms with Gasteiger partial charge >= 0.3 is 0 Å². The van der Waals surface area contributed by atoms with Crippen molar-refractivity contribution < 1.29 is 4.18 Å². The van der Waals surface area contributed by atoms with E-state index in [2.05, 4.69) is 27.7 Å². The molecule has 0 bridgehead atoms. The van der Waals surface area contributed by atoms with Crippen LogP contribution >= 0.6 is 12.0 Å². The summed E-state index contributed by atoms with van der Waals surface area (Å²) >= 11 is 1.52. The lowest BCUT2D eigenvalue weighted by Gasteiger charge is -2.16. The Morgan fingerprint density at radius 2 is 1.88 bits per heavy atom. The summed E-state index contributed by atoms with van der Waals surface area (Å²) in [5.74, 6) is 1.03. The van der Waals surface area contributed by atoms with Crippen LogP contribution < -0.4 is 0 Å². The van der Waals surface area contributed by atoms with Gasteiger partial charge in [-0.3, -0.25) is 0 Å². The topological polar surface area (TPSA) is 9.23 Å².